The summed E-state index contributed by atoms with van der Waals surface area (Å²) in [5, 5.41) is 2.69. The number of nitrogens with zero attached hydrogens (tertiary/aromatic N) is 2. The van der Waals surface area contributed by atoms with Crippen LogP contribution < -0.4 is 5.32 Å². The van der Waals surface area contributed by atoms with Gasteiger partial charge in [-0.25, -0.2) is 4.79 Å². The smallest absolute Gasteiger partial charge is 0.325 e. The van der Waals surface area contributed by atoms with E-state index in [1.807, 2.05) is 44.4 Å². The standard InChI is InChI=1S/C23H29N3O3/c1-13(2)9-20-22(28)25(23(29)24-20)12-21(27)19-11-16(5)26(17(19)6)18-8-7-14(3)15(4)10-18/h7-8,10-11,13,20H,9,12H2,1-6H3,(H,24,29)/t20-/m1/s1. The van der Waals surface area contributed by atoms with Crippen molar-refractivity contribution in [3.05, 3.63) is 52.3 Å². The van der Waals surface area contributed by atoms with Gasteiger partial charge in [0.05, 0.1) is 6.54 Å². The second-order valence-electron chi connectivity index (χ2n) is 8.37. The number of aryl methyl sites for hydroxylation is 3. The van der Waals surface area contributed by atoms with Crippen LogP contribution in [0.15, 0.2) is 24.3 Å². The van der Waals surface area contributed by atoms with Crippen LogP contribution in [0.2, 0.25) is 0 Å². The number of ketones is 1. The molecule has 1 aromatic carbocycles. The minimum Gasteiger partial charge on any atom is -0.326 e. The van der Waals surface area contributed by atoms with Crippen LogP contribution in [0, 0.1) is 33.6 Å². The highest BCUT2D eigenvalue weighted by atomic mass is 16.2. The van der Waals surface area contributed by atoms with Crippen molar-refractivity contribution in [2.75, 3.05) is 6.54 Å². The van der Waals surface area contributed by atoms with Crippen LogP contribution in [0.1, 0.15) is 53.1 Å². The number of Topliss-reactive ketones (excluding diaryl/α,β-unsaturated/α-hetero) is 1. The Labute approximate surface area is 171 Å². The summed E-state index contributed by atoms with van der Waals surface area (Å²) in [6.45, 7) is 11.7. The summed E-state index contributed by atoms with van der Waals surface area (Å²) < 4.78 is 2.03. The van der Waals surface area contributed by atoms with Gasteiger partial charge >= 0.3 is 6.03 Å². The van der Waals surface area contributed by atoms with Gasteiger partial charge in [0.2, 0.25) is 0 Å². The molecule has 1 aromatic heterocycles. The fourth-order valence-corrected chi connectivity index (χ4v) is 3.89. The number of aromatic nitrogens is 1. The van der Waals surface area contributed by atoms with Crippen LogP contribution in [-0.2, 0) is 4.79 Å². The van der Waals surface area contributed by atoms with Crippen LogP contribution in [0.25, 0.3) is 5.69 Å². The van der Waals surface area contributed by atoms with Crippen molar-refractivity contribution in [2.24, 2.45) is 5.92 Å². The van der Waals surface area contributed by atoms with Crippen LogP contribution in [0.5, 0.6) is 0 Å². The minimum absolute atomic E-state index is 0.234. The number of hydrogen-bond acceptors (Lipinski definition) is 3. The minimum atomic E-state index is -0.543. The fraction of sp³-hybridized carbons (Fsp3) is 0.435. The predicted molar refractivity (Wildman–Crippen MR) is 113 cm³/mol. The summed E-state index contributed by atoms with van der Waals surface area (Å²) in [6.07, 6.45) is 0.566. The first-order valence-electron chi connectivity index (χ1n) is 10.0. The zero-order valence-electron chi connectivity index (χ0n) is 18.0. The number of imide groups is 1. The molecule has 1 aliphatic heterocycles. The van der Waals surface area contributed by atoms with Crippen molar-refractivity contribution in [1.29, 1.82) is 0 Å². The first-order chi connectivity index (χ1) is 13.6. The Kier molecular flexibility index (Phi) is 5.64. The maximum atomic E-state index is 13.0. The Bertz CT molecular complexity index is 987. The van der Waals surface area contributed by atoms with Gasteiger partial charge in [-0.3, -0.25) is 14.5 Å². The molecule has 3 rings (SSSR count). The van der Waals surface area contributed by atoms with Gasteiger partial charge in [0.15, 0.2) is 5.78 Å². The average molecular weight is 396 g/mol. The third-order valence-corrected chi connectivity index (χ3v) is 5.60. The fourth-order valence-electron chi connectivity index (χ4n) is 3.89. The SMILES string of the molecule is Cc1ccc(-n2c(C)cc(C(=O)CN3C(=O)N[C@H](CC(C)C)C3=O)c2C)cc1C. The van der Waals surface area contributed by atoms with Crippen LogP contribution in [-0.4, -0.2) is 39.8 Å². The van der Waals surface area contributed by atoms with E-state index in [0.717, 1.165) is 22.0 Å². The number of carbonyl (C=O) groups excluding carboxylic acids is 3. The van der Waals surface area contributed by atoms with Gasteiger partial charge in [0.1, 0.15) is 6.04 Å². The summed E-state index contributed by atoms with van der Waals surface area (Å²) in [5.41, 5.74) is 5.66. The van der Waals surface area contributed by atoms with E-state index in [1.54, 1.807) is 0 Å². The zero-order valence-corrected chi connectivity index (χ0v) is 18.0. The second kappa shape index (κ2) is 7.85. The monoisotopic (exact) mass is 395 g/mol. The molecule has 0 bridgehead atoms. The molecule has 1 atom stereocenters. The van der Waals surface area contributed by atoms with E-state index in [2.05, 4.69) is 31.3 Å². The molecule has 0 radical (unpaired) electrons. The Hall–Kier alpha value is -2.89. The van der Waals surface area contributed by atoms with Crippen LogP contribution in [0.3, 0.4) is 0 Å². The number of amides is 3. The van der Waals surface area contributed by atoms with Gasteiger partial charge in [-0.05, 0) is 69.4 Å². The van der Waals surface area contributed by atoms with Crippen molar-refractivity contribution in [3.8, 4) is 5.69 Å². The first kappa shape index (κ1) is 20.8. The highest BCUT2D eigenvalue weighted by molar-refractivity contribution is 6.09. The number of carbonyl (C=O) groups is 3. The average Bonchev–Trinajstić information content (AvgIpc) is 3.07. The van der Waals surface area contributed by atoms with E-state index < -0.39 is 12.1 Å². The molecule has 3 amide bonds. The Morgan fingerprint density at radius 1 is 1.07 bits per heavy atom. The maximum absolute atomic E-state index is 13.0. The number of rotatable bonds is 6. The van der Waals surface area contributed by atoms with Crippen molar-refractivity contribution in [1.82, 2.24) is 14.8 Å². The van der Waals surface area contributed by atoms with E-state index in [-0.39, 0.29) is 24.2 Å². The van der Waals surface area contributed by atoms with Crippen molar-refractivity contribution < 1.29 is 14.4 Å². The molecule has 0 unspecified atom stereocenters. The van der Waals surface area contributed by atoms with E-state index in [4.69, 9.17) is 0 Å². The van der Waals surface area contributed by atoms with E-state index >= 15 is 0 Å². The molecule has 6 heteroatoms. The van der Waals surface area contributed by atoms with Crippen molar-refractivity contribution in [2.45, 2.75) is 54.0 Å². The lowest BCUT2D eigenvalue weighted by Crippen LogP contribution is -2.36. The highest BCUT2D eigenvalue weighted by Crippen LogP contribution is 2.24. The van der Waals surface area contributed by atoms with Gasteiger partial charge in [-0.2, -0.15) is 0 Å². The van der Waals surface area contributed by atoms with Gasteiger partial charge < -0.3 is 9.88 Å². The molecule has 154 valence electrons. The second-order valence-corrected chi connectivity index (χ2v) is 8.37. The molecule has 0 saturated carbocycles. The number of benzene rings is 1. The molecule has 6 nitrogen and oxygen atoms in total. The van der Waals surface area contributed by atoms with Crippen LogP contribution >= 0.6 is 0 Å². The molecule has 0 aliphatic carbocycles. The van der Waals surface area contributed by atoms with Crippen LogP contribution in [0.4, 0.5) is 4.79 Å². The van der Waals surface area contributed by atoms with E-state index in [1.165, 1.54) is 11.1 Å². The third kappa shape index (κ3) is 3.97. The number of nitrogens with one attached hydrogen (secondary N) is 1. The van der Waals surface area contributed by atoms with Gasteiger partial charge in [-0.15, -0.1) is 0 Å². The summed E-state index contributed by atoms with van der Waals surface area (Å²) in [7, 11) is 0. The zero-order chi connectivity index (χ0) is 21.5. The molecule has 0 spiro atoms. The molecule has 1 saturated heterocycles. The topological polar surface area (TPSA) is 71.4 Å². The Morgan fingerprint density at radius 2 is 1.76 bits per heavy atom. The van der Waals surface area contributed by atoms with Crippen molar-refractivity contribution >= 4 is 17.7 Å². The third-order valence-electron chi connectivity index (χ3n) is 5.60. The van der Waals surface area contributed by atoms with Gasteiger partial charge in [0.25, 0.3) is 5.91 Å². The van der Waals surface area contributed by atoms with Gasteiger partial charge in [-0.1, -0.05) is 19.9 Å². The summed E-state index contributed by atoms with van der Waals surface area (Å²) in [6, 6.07) is 6.99. The summed E-state index contributed by atoms with van der Waals surface area (Å²) in [4.78, 5) is 38.8. The number of urea groups is 1. The van der Waals surface area contributed by atoms with E-state index in [0.29, 0.717) is 12.0 Å². The molecule has 29 heavy (non-hydrogen) atoms. The summed E-state index contributed by atoms with van der Waals surface area (Å²) in [5.74, 6) is -0.279. The first-order valence-corrected chi connectivity index (χ1v) is 10.0. The summed E-state index contributed by atoms with van der Waals surface area (Å²) >= 11 is 0. The Balaban J connectivity index is 1.85. The molecule has 1 fully saturated rings. The van der Waals surface area contributed by atoms with Gasteiger partial charge in [0, 0.05) is 22.6 Å². The molecule has 1 N–H and O–H groups in total. The van der Waals surface area contributed by atoms with E-state index in [9.17, 15) is 14.4 Å². The highest BCUT2D eigenvalue weighted by Gasteiger charge is 2.39. The molecule has 2 heterocycles. The lowest BCUT2D eigenvalue weighted by Gasteiger charge is -2.14. The lowest BCUT2D eigenvalue weighted by molar-refractivity contribution is -0.127. The number of hydrogen-bond donors (Lipinski definition) is 1. The molecular weight excluding hydrogens is 366 g/mol. The molecule has 2 aromatic rings. The normalized spacial score (nSPS) is 16.7. The Morgan fingerprint density at radius 3 is 2.38 bits per heavy atom. The molecular formula is C23H29N3O3. The van der Waals surface area contributed by atoms with Crippen molar-refractivity contribution in [3.63, 3.8) is 0 Å². The lowest BCUT2D eigenvalue weighted by atomic mass is 10.0. The maximum Gasteiger partial charge on any atom is 0.325 e. The molecule has 1 aliphatic rings. The quantitative estimate of drug-likeness (QED) is 0.596. The largest absolute Gasteiger partial charge is 0.326 e. The predicted octanol–water partition coefficient (Wildman–Crippen LogP) is 3.86.